The van der Waals surface area contributed by atoms with E-state index in [0.717, 1.165) is 11.3 Å². The summed E-state index contributed by atoms with van der Waals surface area (Å²) in [4.78, 5) is 12.4. The Morgan fingerprint density at radius 3 is 2.72 bits per heavy atom. The van der Waals surface area contributed by atoms with Gasteiger partial charge in [0.1, 0.15) is 17.6 Å². The number of carbonyl (C=O) groups excluding carboxylic acids is 1. The summed E-state index contributed by atoms with van der Waals surface area (Å²) in [5.74, 6) is 0.294. The van der Waals surface area contributed by atoms with Crippen LogP contribution in [0.2, 0.25) is 0 Å². The summed E-state index contributed by atoms with van der Waals surface area (Å²) in [7, 11) is 0. The van der Waals surface area contributed by atoms with Gasteiger partial charge in [-0.05, 0) is 65.2 Å². The Morgan fingerprint density at radius 1 is 1.28 bits per heavy atom. The zero-order chi connectivity index (χ0) is 17.8. The standard InChI is InChI=1S/C18H19BrFN3O2/c1-2-25-13-6-3-11(4-7-13)16-10-17(23-22-16)18(24)21-15-8-5-12(20)9-14(15)19/h3-9,16-17,22-23H,2,10H2,1H3,(H,21,24). The topological polar surface area (TPSA) is 62.4 Å². The molecule has 3 rings (SSSR count). The Morgan fingerprint density at radius 2 is 2.04 bits per heavy atom. The van der Waals surface area contributed by atoms with E-state index in [1.54, 1.807) is 0 Å². The highest BCUT2D eigenvalue weighted by molar-refractivity contribution is 9.10. The molecular weight excluding hydrogens is 389 g/mol. The normalized spacial score (nSPS) is 19.6. The van der Waals surface area contributed by atoms with E-state index in [4.69, 9.17) is 4.74 Å². The Hall–Kier alpha value is -1.96. The molecule has 1 saturated heterocycles. The second kappa shape index (κ2) is 7.95. The van der Waals surface area contributed by atoms with Crippen molar-refractivity contribution in [3.8, 4) is 5.75 Å². The fourth-order valence-corrected chi connectivity index (χ4v) is 3.17. The van der Waals surface area contributed by atoms with Crippen molar-refractivity contribution in [2.45, 2.75) is 25.4 Å². The summed E-state index contributed by atoms with van der Waals surface area (Å²) in [6, 6.07) is 11.6. The van der Waals surface area contributed by atoms with Gasteiger partial charge in [-0.1, -0.05) is 12.1 Å². The maximum atomic E-state index is 13.1. The third kappa shape index (κ3) is 4.36. The first-order valence-electron chi connectivity index (χ1n) is 8.06. The molecule has 2 aromatic carbocycles. The summed E-state index contributed by atoms with van der Waals surface area (Å²) in [6.45, 7) is 2.57. The largest absolute Gasteiger partial charge is 0.494 e. The van der Waals surface area contributed by atoms with Crippen molar-refractivity contribution in [3.05, 3.63) is 58.3 Å². The third-order valence-corrected chi connectivity index (χ3v) is 4.66. The van der Waals surface area contributed by atoms with E-state index in [1.165, 1.54) is 18.2 Å². The van der Waals surface area contributed by atoms with Gasteiger partial charge in [0.2, 0.25) is 5.91 Å². The number of anilines is 1. The molecule has 2 aromatic rings. The van der Waals surface area contributed by atoms with E-state index in [1.807, 2.05) is 31.2 Å². The second-order valence-electron chi connectivity index (χ2n) is 5.75. The highest BCUT2D eigenvalue weighted by Gasteiger charge is 2.30. The number of ether oxygens (including phenoxy) is 1. The summed E-state index contributed by atoms with van der Waals surface area (Å²) in [5, 5.41) is 2.80. The molecule has 1 amide bonds. The van der Waals surface area contributed by atoms with Gasteiger partial charge in [-0.25, -0.2) is 15.2 Å². The molecule has 2 unspecified atom stereocenters. The summed E-state index contributed by atoms with van der Waals surface area (Å²) in [6.07, 6.45) is 0.610. The Kier molecular flexibility index (Phi) is 5.67. The van der Waals surface area contributed by atoms with Gasteiger partial charge in [-0.3, -0.25) is 4.79 Å². The van der Waals surface area contributed by atoms with E-state index in [0.29, 0.717) is 23.2 Å². The molecule has 0 radical (unpaired) electrons. The highest BCUT2D eigenvalue weighted by atomic mass is 79.9. The molecule has 1 fully saturated rings. The summed E-state index contributed by atoms with van der Waals surface area (Å²) < 4.78 is 19.1. The van der Waals surface area contributed by atoms with Crippen LogP contribution in [0.25, 0.3) is 0 Å². The van der Waals surface area contributed by atoms with Crippen LogP contribution in [0.1, 0.15) is 24.9 Å². The Bertz CT molecular complexity index is 754. The number of rotatable bonds is 5. The van der Waals surface area contributed by atoms with Crippen LogP contribution >= 0.6 is 15.9 Å². The van der Waals surface area contributed by atoms with Gasteiger partial charge in [0.05, 0.1) is 12.3 Å². The average Bonchev–Trinajstić information content (AvgIpc) is 3.08. The minimum absolute atomic E-state index is 0.0306. The Labute approximate surface area is 154 Å². The summed E-state index contributed by atoms with van der Waals surface area (Å²) in [5.41, 5.74) is 7.77. The quantitative estimate of drug-likeness (QED) is 0.709. The maximum absolute atomic E-state index is 13.1. The minimum Gasteiger partial charge on any atom is -0.494 e. The van der Waals surface area contributed by atoms with Gasteiger partial charge < -0.3 is 10.1 Å². The van der Waals surface area contributed by atoms with Crippen molar-refractivity contribution >= 4 is 27.5 Å². The van der Waals surface area contributed by atoms with Gasteiger partial charge in [0.15, 0.2) is 0 Å². The minimum atomic E-state index is -0.381. The molecule has 5 nitrogen and oxygen atoms in total. The fourth-order valence-electron chi connectivity index (χ4n) is 2.72. The Balaban J connectivity index is 1.60. The van der Waals surface area contributed by atoms with Crippen molar-refractivity contribution in [1.82, 2.24) is 10.9 Å². The van der Waals surface area contributed by atoms with E-state index in [9.17, 15) is 9.18 Å². The van der Waals surface area contributed by atoms with Gasteiger partial charge in [0, 0.05) is 10.5 Å². The van der Waals surface area contributed by atoms with E-state index in [2.05, 4.69) is 32.1 Å². The fraction of sp³-hybridized carbons (Fsp3) is 0.278. The van der Waals surface area contributed by atoms with Crippen molar-refractivity contribution < 1.29 is 13.9 Å². The molecule has 0 aromatic heterocycles. The second-order valence-corrected chi connectivity index (χ2v) is 6.60. The van der Waals surface area contributed by atoms with Crippen molar-refractivity contribution in [1.29, 1.82) is 0 Å². The lowest BCUT2D eigenvalue weighted by molar-refractivity contribution is -0.117. The number of amides is 1. The molecule has 7 heteroatoms. The van der Waals surface area contributed by atoms with E-state index in [-0.39, 0.29) is 23.8 Å². The van der Waals surface area contributed by atoms with Crippen LogP contribution in [-0.2, 0) is 4.79 Å². The van der Waals surface area contributed by atoms with Crippen LogP contribution in [0.3, 0.4) is 0 Å². The number of hydrogen-bond acceptors (Lipinski definition) is 4. The first-order valence-corrected chi connectivity index (χ1v) is 8.86. The number of benzene rings is 2. The molecule has 1 aliphatic rings. The highest BCUT2D eigenvalue weighted by Crippen LogP contribution is 2.27. The molecular formula is C18H19BrFN3O2. The average molecular weight is 408 g/mol. The van der Waals surface area contributed by atoms with E-state index < -0.39 is 0 Å². The first kappa shape index (κ1) is 17.8. The zero-order valence-corrected chi connectivity index (χ0v) is 15.3. The predicted molar refractivity (Wildman–Crippen MR) is 97.8 cm³/mol. The number of nitrogens with one attached hydrogen (secondary N) is 3. The van der Waals surface area contributed by atoms with Gasteiger partial charge in [0.25, 0.3) is 0 Å². The van der Waals surface area contributed by atoms with Crippen molar-refractivity contribution in [2.24, 2.45) is 0 Å². The lowest BCUT2D eigenvalue weighted by Gasteiger charge is -2.12. The van der Waals surface area contributed by atoms with Crippen LogP contribution in [0.5, 0.6) is 5.75 Å². The van der Waals surface area contributed by atoms with Gasteiger partial charge in [-0.2, -0.15) is 0 Å². The lowest BCUT2D eigenvalue weighted by atomic mass is 10.0. The predicted octanol–water partition coefficient (Wildman–Crippen LogP) is 3.53. The van der Waals surface area contributed by atoms with Gasteiger partial charge in [-0.15, -0.1) is 0 Å². The van der Waals surface area contributed by atoms with Crippen LogP contribution in [0.4, 0.5) is 10.1 Å². The van der Waals surface area contributed by atoms with Crippen LogP contribution < -0.4 is 20.9 Å². The maximum Gasteiger partial charge on any atom is 0.242 e. The molecule has 3 N–H and O–H groups in total. The molecule has 1 heterocycles. The van der Waals surface area contributed by atoms with Crippen LogP contribution in [-0.4, -0.2) is 18.6 Å². The van der Waals surface area contributed by atoms with Crippen molar-refractivity contribution in [3.63, 3.8) is 0 Å². The number of halogens is 2. The van der Waals surface area contributed by atoms with Crippen molar-refractivity contribution in [2.75, 3.05) is 11.9 Å². The van der Waals surface area contributed by atoms with Gasteiger partial charge >= 0.3 is 0 Å². The lowest BCUT2D eigenvalue weighted by Crippen LogP contribution is -2.39. The number of hydrogen-bond donors (Lipinski definition) is 3. The van der Waals surface area contributed by atoms with Crippen LogP contribution in [0, 0.1) is 5.82 Å². The molecule has 0 bridgehead atoms. The molecule has 0 saturated carbocycles. The number of hydrazine groups is 1. The first-order chi connectivity index (χ1) is 12.1. The SMILES string of the molecule is CCOc1ccc(C2CC(C(=O)Nc3ccc(F)cc3Br)NN2)cc1. The van der Waals surface area contributed by atoms with E-state index >= 15 is 0 Å². The molecule has 2 atom stereocenters. The molecule has 1 aliphatic heterocycles. The monoisotopic (exact) mass is 407 g/mol. The smallest absolute Gasteiger partial charge is 0.242 e. The summed E-state index contributed by atoms with van der Waals surface area (Å²) >= 11 is 3.25. The zero-order valence-electron chi connectivity index (χ0n) is 13.7. The molecule has 0 spiro atoms. The molecule has 132 valence electrons. The third-order valence-electron chi connectivity index (χ3n) is 4.00. The number of carbonyl (C=O) groups is 1. The molecule has 0 aliphatic carbocycles. The van der Waals surface area contributed by atoms with Crippen LogP contribution in [0.15, 0.2) is 46.9 Å². The molecule has 25 heavy (non-hydrogen) atoms.